The van der Waals surface area contributed by atoms with Gasteiger partial charge in [-0.15, -0.1) is 0 Å². The summed E-state index contributed by atoms with van der Waals surface area (Å²) in [5.74, 6) is 1.52. The van der Waals surface area contributed by atoms with Gasteiger partial charge in [0.2, 0.25) is 5.75 Å². The van der Waals surface area contributed by atoms with Gasteiger partial charge in [-0.25, -0.2) is 4.79 Å². The van der Waals surface area contributed by atoms with Crippen LogP contribution in [0.15, 0.2) is 12.1 Å². The van der Waals surface area contributed by atoms with Gasteiger partial charge in [0.25, 0.3) is 0 Å². The molecule has 0 spiro atoms. The van der Waals surface area contributed by atoms with Gasteiger partial charge in [0, 0.05) is 0 Å². The van der Waals surface area contributed by atoms with Crippen LogP contribution in [0.5, 0.6) is 17.2 Å². The van der Waals surface area contributed by atoms with E-state index in [0.717, 1.165) is 32.1 Å². The lowest BCUT2D eigenvalue weighted by atomic mass is 10.1. The monoisotopic (exact) mass is 703 g/mol. The molecule has 1 rings (SSSR count). The zero-order valence-electron chi connectivity index (χ0n) is 33.7. The minimum Gasteiger partial charge on any atom is -0.490 e. The zero-order chi connectivity index (χ0) is 36.2. The fraction of sp³-hybridized carbons (Fsp3) is 0.844. The summed E-state index contributed by atoms with van der Waals surface area (Å²) in [5.41, 5.74) is 0.467. The predicted molar refractivity (Wildman–Crippen MR) is 214 cm³/mol. The van der Waals surface area contributed by atoms with Gasteiger partial charge in [-0.2, -0.15) is 0 Å². The molecule has 0 fully saturated rings. The van der Waals surface area contributed by atoms with Crippen molar-refractivity contribution in [2.45, 2.75) is 220 Å². The third-order valence-electron chi connectivity index (χ3n) is 9.79. The third-order valence-corrected chi connectivity index (χ3v) is 9.79. The molecule has 0 atom stereocenters. The smallest absolute Gasteiger partial charge is 0.338 e. The molecule has 50 heavy (non-hydrogen) atoms. The number of hydrogen-bond acceptors (Lipinski definition) is 5. The van der Waals surface area contributed by atoms with Crippen LogP contribution in [-0.4, -0.2) is 32.4 Å². The van der Waals surface area contributed by atoms with Crippen LogP contribution in [0.3, 0.4) is 0 Å². The van der Waals surface area contributed by atoms with Crippen molar-refractivity contribution >= 4 is 5.97 Å². The average molecular weight is 703 g/mol. The van der Waals surface area contributed by atoms with Crippen LogP contribution in [0.4, 0.5) is 0 Å². The molecular formula is C45H82O5. The molecule has 0 aromatic heterocycles. The number of carbonyl (C=O) groups is 1. The quantitative estimate of drug-likeness (QED) is 0.0507. The van der Waals surface area contributed by atoms with Gasteiger partial charge in [-0.1, -0.05) is 194 Å². The molecule has 0 amide bonds. The highest BCUT2D eigenvalue weighted by Crippen LogP contribution is 2.40. The molecule has 0 saturated carbocycles. The molecule has 292 valence electrons. The highest BCUT2D eigenvalue weighted by molar-refractivity contribution is 5.91. The number of unbranched alkanes of at least 4 members (excludes halogenated alkanes) is 27. The summed E-state index contributed by atoms with van der Waals surface area (Å²) in [6.45, 7) is 10.8. The van der Waals surface area contributed by atoms with Crippen LogP contribution in [0.2, 0.25) is 0 Å². The number of hydrogen-bond donors (Lipinski definition) is 0. The largest absolute Gasteiger partial charge is 0.490 e. The summed E-state index contributed by atoms with van der Waals surface area (Å²) in [7, 11) is 0. The van der Waals surface area contributed by atoms with E-state index >= 15 is 0 Å². The van der Waals surface area contributed by atoms with Crippen molar-refractivity contribution in [1.82, 2.24) is 0 Å². The number of carbonyl (C=O) groups excluding carboxylic acids is 1. The van der Waals surface area contributed by atoms with Crippen LogP contribution in [0.25, 0.3) is 0 Å². The lowest BCUT2D eigenvalue weighted by molar-refractivity contribution is 0.0525. The summed E-state index contributed by atoms with van der Waals surface area (Å²) < 4.78 is 24.5. The first-order valence-electron chi connectivity index (χ1n) is 21.9. The van der Waals surface area contributed by atoms with Gasteiger partial charge >= 0.3 is 5.97 Å². The van der Waals surface area contributed by atoms with Crippen molar-refractivity contribution in [2.75, 3.05) is 26.4 Å². The van der Waals surface area contributed by atoms with Gasteiger partial charge in [0.15, 0.2) is 11.5 Å². The summed E-state index contributed by atoms with van der Waals surface area (Å²) in [5, 5.41) is 0. The van der Waals surface area contributed by atoms with Gasteiger partial charge < -0.3 is 18.9 Å². The highest BCUT2D eigenvalue weighted by atomic mass is 16.5. The number of ether oxygens (including phenoxy) is 4. The normalized spacial score (nSPS) is 11.2. The maximum atomic E-state index is 12.9. The molecule has 0 aliphatic rings. The van der Waals surface area contributed by atoms with Crippen LogP contribution in [-0.2, 0) is 4.74 Å². The summed E-state index contributed by atoms with van der Waals surface area (Å²) in [6, 6.07) is 3.60. The van der Waals surface area contributed by atoms with Crippen molar-refractivity contribution in [3.05, 3.63) is 17.7 Å². The molecule has 5 nitrogen and oxygen atoms in total. The maximum absolute atomic E-state index is 12.9. The lowest BCUT2D eigenvalue weighted by Gasteiger charge is -2.19. The Morgan fingerprint density at radius 2 is 0.680 bits per heavy atom. The summed E-state index contributed by atoms with van der Waals surface area (Å²) in [4.78, 5) is 12.9. The molecule has 0 unspecified atom stereocenters. The number of benzene rings is 1. The van der Waals surface area contributed by atoms with Crippen LogP contribution >= 0.6 is 0 Å². The van der Waals surface area contributed by atoms with E-state index in [1.165, 1.54) is 161 Å². The van der Waals surface area contributed by atoms with Gasteiger partial charge in [-0.05, 0) is 38.3 Å². The van der Waals surface area contributed by atoms with Crippen molar-refractivity contribution < 1.29 is 23.7 Å². The third kappa shape index (κ3) is 26.0. The van der Waals surface area contributed by atoms with E-state index in [0.29, 0.717) is 49.2 Å². The Hall–Kier alpha value is -1.91. The van der Waals surface area contributed by atoms with E-state index in [1.54, 1.807) is 12.1 Å². The Kier molecular flexibility index (Phi) is 32.7. The van der Waals surface area contributed by atoms with Gasteiger partial charge in [0.1, 0.15) is 0 Å². The Balaban J connectivity index is 2.72. The Morgan fingerprint density at radius 3 is 0.980 bits per heavy atom. The fourth-order valence-electron chi connectivity index (χ4n) is 6.57. The first kappa shape index (κ1) is 46.1. The Morgan fingerprint density at radius 1 is 0.400 bits per heavy atom. The molecule has 0 saturated heterocycles. The van der Waals surface area contributed by atoms with Crippen molar-refractivity contribution in [1.29, 1.82) is 0 Å². The number of rotatable bonds is 38. The van der Waals surface area contributed by atoms with E-state index < -0.39 is 0 Å². The van der Waals surface area contributed by atoms with E-state index in [4.69, 9.17) is 18.9 Å². The van der Waals surface area contributed by atoms with Crippen LogP contribution < -0.4 is 14.2 Å². The second kappa shape index (κ2) is 35.5. The molecule has 1 aromatic rings. The van der Waals surface area contributed by atoms with E-state index in [1.807, 2.05) is 6.92 Å². The first-order chi connectivity index (χ1) is 24.7. The standard InChI is InChI=1S/C45H82O5/c1-5-9-12-15-18-21-24-27-30-33-36-48-42-39-41(45(46)47-8-4)40-43(49-37-34-31-28-25-22-19-16-13-10-6-2)44(42)50-38-35-32-29-26-23-20-17-14-11-7-3/h39-40H,5-38H2,1-4H3. The van der Waals surface area contributed by atoms with E-state index in [2.05, 4.69) is 20.8 Å². The molecular weight excluding hydrogens is 620 g/mol. The summed E-state index contributed by atoms with van der Waals surface area (Å²) in [6.07, 6.45) is 38.5. The molecule has 0 radical (unpaired) electrons. The zero-order valence-corrected chi connectivity index (χ0v) is 33.7. The van der Waals surface area contributed by atoms with Crippen molar-refractivity contribution in [3.8, 4) is 17.2 Å². The molecule has 0 bridgehead atoms. The van der Waals surface area contributed by atoms with E-state index in [9.17, 15) is 4.79 Å². The van der Waals surface area contributed by atoms with Crippen LogP contribution in [0.1, 0.15) is 231 Å². The lowest BCUT2D eigenvalue weighted by Crippen LogP contribution is -2.10. The predicted octanol–water partition coefficient (Wildman–Crippen LogP) is 14.8. The molecule has 0 aliphatic heterocycles. The average Bonchev–Trinajstić information content (AvgIpc) is 3.12. The SMILES string of the molecule is CCCCCCCCCCCCOc1cc(C(=O)OCC)cc(OCCCCCCCCCCCC)c1OCCCCCCCCCCCC. The number of esters is 1. The second-order valence-corrected chi connectivity index (χ2v) is 14.6. The van der Waals surface area contributed by atoms with Gasteiger partial charge in [0.05, 0.1) is 32.0 Å². The van der Waals surface area contributed by atoms with Gasteiger partial charge in [-0.3, -0.25) is 0 Å². The van der Waals surface area contributed by atoms with Crippen molar-refractivity contribution in [2.24, 2.45) is 0 Å². The Labute approximate surface area is 310 Å². The topological polar surface area (TPSA) is 54.0 Å². The minimum atomic E-state index is -0.346. The van der Waals surface area contributed by atoms with Crippen molar-refractivity contribution in [3.63, 3.8) is 0 Å². The molecule has 1 aromatic carbocycles. The van der Waals surface area contributed by atoms with Crippen LogP contribution in [0, 0.1) is 0 Å². The maximum Gasteiger partial charge on any atom is 0.338 e. The first-order valence-corrected chi connectivity index (χ1v) is 21.9. The molecule has 5 heteroatoms. The molecule has 0 N–H and O–H groups in total. The Bertz CT molecular complexity index is 837. The highest BCUT2D eigenvalue weighted by Gasteiger charge is 2.20. The van der Waals surface area contributed by atoms with E-state index in [-0.39, 0.29) is 5.97 Å². The molecule has 0 heterocycles. The molecule has 0 aliphatic carbocycles. The minimum absolute atomic E-state index is 0.333. The second-order valence-electron chi connectivity index (χ2n) is 14.6. The summed E-state index contributed by atoms with van der Waals surface area (Å²) >= 11 is 0. The fourth-order valence-corrected chi connectivity index (χ4v) is 6.57.